The first-order valence-electron chi connectivity index (χ1n) is 12.3. The predicted molar refractivity (Wildman–Crippen MR) is 151 cm³/mol. The van der Waals surface area contributed by atoms with Gasteiger partial charge in [0.2, 0.25) is 0 Å². The standard InChI is InChI=1S/C34H21NO/c1-3-11-22(12-4-1)23-19-20-25-28(21-23)33-31(32-27-16-8-10-18-30(27)36-34(25)32)26-15-7-9-17-29(26)35(33)24-13-5-2-6-14-24/h1-21H. The summed E-state index contributed by atoms with van der Waals surface area (Å²) in [5.41, 5.74) is 7.85. The van der Waals surface area contributed by atoms with E-state index >= 15 is 0 Å². The molecule has 0 aliphatic rings. The maximum atomic E-state index is 6.57. The van der Waals surface area contributed by atoms with Crippen molar-refractivity contribution in [3.8, 4) is 16.8 Å². The molecule has 168 valence electrons. The average molecular weight is 460 g/mol. The number of benzene rings is 6. The fourth-order valence-electron chi connectivity index (χ4n) is 5.82. The van der Waals surface area contributed by atoms with E-state index in [2.05, 4.69) is 126 Å². The van der Waals surface area contributed by atoms with Crippen molar-refractivity contribution in [1.29, 1.82) is 0 Å². The van der Waals surface area contributed by atoms with Crippen LogP contribution < -0.4 is 0 Å². The van der Waals surface area contributed by atoms with Gasteiger partial charge >= 0.3 is 0 Å². The SMILES string of the molecule is c1ccc(-c2ccc3c(c2)c2c(c4ccccc4n2-c2ccccc2)c2c4ccccc4oc32)cc1. The smallest absolute Gasteiger partial charge is 0.144 e. The van der Waals surface area contributed by atoms with Crippen molar-refractivity contribution in [3.63, 3.8) is 0 Å². The number of rotatable bonds is 2. The molecule has 0 radical (unpaired) electrons. The van der Waals surface area contributed by atoms with E-state index in [1.807, 2.05) is 6.07 Å². The van der Waals surface area contributed by atoms with Crippen molar-refractivity contribution in [2.24, 2.45) is 0 Å². The highest BCUT2D eigenvalue weighted by Gasteiger charge is 2.22. The molecule has 8 rings (SSSR count). The fourth-order valence-corrected chi connectivity index (χ4v) is 5.82. The number of furan rings is 1. The fraction of sp³-hybridized carbons (Fsp3) is 0. The Bertz CT molecular complexity index is 2080. The molecule has 2 nitrogen and oxygen atoms in total. The van der Waals surface area contributed by atoms with Crippen molar-refractivity contribution >= 4 is 54.5 Å². The summed E-state index contributed by atoms with van der Waals surface area (Å²) in [4.78, 5) is 0. The van der Waals surface area contributed by atoms with Gasteiger partial charge in [-0.1, -0.05) is 91.0 Å². The van der Waals surface area contributed by atoms with E-state index in [1.54, 1.807) is 0 Å². The van der Waals surface area contributed by atoms with Gasteiger partial charge in [-0.15, -0.1) is 0 Å². The summed E-state index contributed by atoms with van der Waals surface area (Å²) in [7, 11) is 0. The molecule has 0 spiro atoms. The number of para-hydroxylation sites is 3. The molecule has 0 atom stereocenters. The van der Waals surface area contributed by atoms with Crippen LogP contribution in [0.15, 0.2) is 132 Å². The van der Waals surface area contributed by atoms with Gasteiger partial charge in [-0.05, 0) is 47.5 Å². The molecule has 0 aliphatic heterocycles. The Morgan fingerprint density at radius 3 is 2.00 bits per heavy atom. The zero-order chi connectivity index (χ0) is 23.6. The summed E-state index contributed by atoms with van der Waals surface area (Å²) >= 11 is 0. The molecule has 0 aliphatic carbocycles. The Morgan fingerprint density at radius 2 is 1.17 bits per heavy atom. The van der Waals surface area contributed by atoms with E-state index in [1.165, 1.54) is 43.7 Å². The third kappa shape index (κ3) is 2.61. The monoisotopic (exact) mass is 459 g/mol. The highest BCUT2D eigenvalue weighted by Crippen LogP contribution is 2.46. The summed E-state index contributed by atoms with van der Waals surface area (Å²) in [6.07, 6.45) is 0. The van der Waals surface area contributed by atoms with E-state index in [9.17, 15) is 0 Å². The third-order valence-corrected chi connectivity index (χ3v) is 7.36. The van der Waals surface area contributed by atoms with Crippen molar-refractivity contribution in [2.45, 2.75) is 0 Å². The second-order valence-corrected chi connectivity index (χ2v) is 9.34. The lowest BCUT2D eigenvalue weighted by molar-refractivity contribution is 0.673. The van der Waals surface area contributed by atoms with Gasteiger partial charge in [0.15, 0.2) is 0 Å². The van der Waals surface area contributed by atoms with Crippen LogP contribution in [0.25, 0.3) is 71.3 Å². The molecule has 0 N–H and O–H groups in total. The number of hydrogen-bond donors (Lipinski definition) is 0. The van der Waals surface area contributed by atoms with Crippen LogP contribution >= 0.6 is 0 Å². The minimum absolute atomic E-state index is 0.921. The Labute approximate surface area is 207 Å². The summed E-state index contributed by atoms with van der Waals surface area (Å²) in [6.45, 7) is 0. The zero-order valence-electron chi connectivity index (χ0n) is 19.5. The van der Waals surface area contributed by atoms with Crippen molar-refractivity contribution in [1.82, 2.24) is 4.57 Å². The molecule has 8 aromatic rings. The van der Waals surface area contributed by atoms with Gasteiger partial charge in [0.25, 0.3) is 0 Å². The van der Waals surface area contributed by atoms with Crippen LogP contribution in [-0.2, 0) is 0 Å². The van der Waals surface area contributed by atoms with Gasteiger partial charge < -0.3 is 8.98 Å². The van der Waals surface area contributed by atoms with Crippen LogP contribution in [0.4, 0.5) is 0 Å². The topological polar surface area (TPSA) is 18.1 Å². The zero-order valence-corrected chi connectivity index (χ0v) is 19.5. The first kappa shape index (κ1) is 19.5. The maximum absolute atomic E-state index is 6.57. The van der Waals surface area contributed by atoms with Crippen LogP contribution in [0.1, 0.15) is 0 Å². The molecule has 0 bridgehead atoms. The van der Waals surface area contributed by atoms with Gasteiger partial charge in [0.1, 0.15) is 11.2 Å². The van der Waals surface area contributed by atoms with Gasteiger partial charge in [-0.2, -0.15) is 0 Å². The molecule has 2 heterocycles. The minimum Gasteiger partial charge on any atom is -0.455 e. The van der Waals surface area contributed by atoms with Crippen LogP contribution in [0.2, 0.25) is 0 Å². The van der Waals surface area contributed by atoms with Crippen LogP contribution in [0.3, 0.4) is 0 Å². The van der Waals surface area contributed by atoms with Crippen LogP contribution in [-0.4, -0.2) is 4.57 Å². The Morgan fingerprint density at radius 1 is 0.472 bits per heavy atom. The predicted octanol–water partition coefficient (Wildman–Crippen LogP) is 9.50. The molecule has 6 aromatic carbocycles. The van der Waals surface area contributed by atoms with E-state index in [0.29, 0.717) is 0 Å². The highest BCUT2D eigenvalue weighted by molar-refractivity contribution is 6.36. The molecular weight excluding hydrogens is 438 g/mol. The molecule has 0 amide bonds. The lowest BCUT2D eigenvalue weighted by Gasteiger charge is -2.12. The molecule has 36 heavy (non-hydrogen) atoms. The molecule has 0 unspecified atom stereocenters. The summed E-state index contributed by atoms with van der Waals surface area (Å²) < 4.78 is 8.99. The summed E-state index contributed by atoms with van der Waals surface area (Å²) in [6, 6.07) is 45.2. The van der Waals surface area contributed by atoms with E-state index in [0.717, 1.165) is 27.6 Å². The van der Waals surface area contributed by atoms with Gasteiger partial charge in [0, 0.05) is 38.0 Å². The molecular formula is C34H21NO. The van der Waals surface area contributed by atoms with Crippen molar-refractivity contribution < 1.29 is 4.42 Å². The number of nitrogens with zero attached hydrogens (tertiary/aromatic N) is 1. The number of hydrogen-bond acceptors (Lipinski definition) is 1. The first-order valence-corrected chi connectivity index (χ1v) is 12.3. The molecule has 0 saturated carbocycles. The number of fused-ring (bicyclic) bond motifs is 10. The van der Waals surface area contributed by atoms with E-state index < -0.39 is 0 Å². The summed E-state index contributed by atoms with van der Waals surface area (Å²) in [5.74, 6) is 0. The van der Waals surface area contributed by atoms with Crippen LogP contribution in [0.5, 0.6) is 0 Å². The van der Waals surface area contributed by atoms with Crippen molar-refractivity contribution in [3.05, 3.63) is 127 Å². The largest absolute Gasteiger partial charge is 0.455 e. The van der Waals surface area contributed by atoms with Gasteiger partial charge in [-0.25, -0.2) is 0 Å². The molecule has 2 aromatic heterocycles. The second-order valence-electron chi connectivity index (χ2n) is 9.34. The third-order valence-electron chi connectivity index (χ3n) is 7.36. The van der Waals surface area contributed by atoms with Gasteiger partial charge in [0.05, 0.1) is 11.0 Å². The van der Waals surface area contributed by atoms with Crippen LogP contribution in [0, 0.1) is 0 Å². The molecule has 0 fully saturated rings. The number of aromatic nitrogens is 1. The Kier molecular flexibility index (Phi) is 3.97. The van der Waals surface area contributed by atoms with Gasteiger partial charge in [-0.3, -0.25) is 0 Å². The average Bonchev–Trinajstić information content (AvgIpc) is 3.50. The normalized spacial score (nSPS) is 11.9. The quantitative estimate of drug-likeness (QED) is 0.252. The molecule has 2 heteroatoms. The van der Waals surface area contributed by atoms with Crippen molar-refractivity contribution in [2.75, 3.05) is 0 Å². The highest BCUT2D eigenvalue weighted by atomic mass is 16.3. The lowest BCUT2D eigenvalue weighted by atomic mass is 9.96. The minimum atomic E-state index is 0.921. The Hall–Kier alpha value is -4.82. The Balaban J connectivity index is 1.69. The summed E-state index contributed by atoms with van der Waals surface area (Å²) in [5, 5.41) is 7.15. The molecule has 0 saturated heterocycles. The van der Waals surface area contributed by atoms with E-state index in [-0.39, 0.29) is 0 Å². The first-order chi connectivity index (χ1) is 17.9. The lowest BCUT2D eigenvalue weighted by Crippen LogP contribution is -1.94. The van der Waals surface area contributed by atoms with E-state index in [4.69, 9.17) is 4.42 Å². The second kappa shape index (κ2) is 7.34. The maximum Gasteiger partial charge on any atom is 0.144 e.